The summed E-state index contributed by atoms with van der Waals surface area (Å²) in [6, 6.07) is 0. The lowest BCUT2D eigenvalue weighted by Gasteiger charge is -2.30. The number of carbonyl (C=O) groups excluding carboxylic acids is 3. The van der Waals surface area contributed by atoms with Gasteiger partial charge in [0.1, 0.15) is 13.3 Å². The lowest BCUT2D eigenvalue weighted by atomic mass is 10.2. The Balaban J connectivity index is 3.13. The second kappa shape index (κ2) is 11.0. The van der Waals surface area contributed by atoms with Crippen molar-refractivity contribution in [2.45, 2.75) is 31.4 Å². The van der Waals surface area contributed by atoms with E-state index in [4.69, 9.17) is 0 Å². The Kier molecular flexibility index (Phi) is 9.54. The van der Waals surface area contributed by atoms with E-state index in [-0.39, 0.29) is 29.3 Å². The second-order valence-corrected chi connectivity index (χ2v) is 7.20. The summed E-state index contributed by atoms with van der Waals surface area (Å²) < 4.78 is 117. The first-order valence-electron chi connectivity index (χ1n) is 9.58. The Morgan fingerprint density at radius 3 is 1.24 bits per heavy atom. The minimum atomic E-state index is -5.40. The third-order valence-corrected chi connectivity index (χ3v) is 4.67. The fourth-order valence-electron chi connectivity index (χ4n) is 3.04. The molecule has 16 heteroatoms. The Bertz CT molecular complexity index is 735. The Labute approximate surface area is 182 Å². The van der Waals surface area contributed by atoms with Crippen LogP contribution in [0.2, 0.25) is 0 Å². The number of hydrogen-bond donors (Lipinski definition) is 0. The molecule has 3 amide bonds. The number of alkyl halides is 9. The highest BCUT2D eigenvalue weighted by atomic mass is 19.4. The molecule has 7 nitrogen and oxygen atoms in total. The molecule has 0 aromatic carbocycles. The van der Waals surface area contributed by atoms with Crippen LogP contribution in [-0.2, 0) is 14.4 Å². The van der Waals surface area contributed by atoms with Crippen LogP contribution < -0.4 is 0 Å². The highest BCUT2D eigenvalue weighted by molar-refractivity contribution is 5.83. The number of rotatable bonds is 0. The number of amides is 3. The second-order valence-electron chi connectivity index (χ2n) is 7.20. The largest absolute Gasteiger partial charge is 0.471 e. The topological polar surface area (TPSA) is 63.9 Å². The third kappa shape index (κ3) is 9.07. The zero-order valence-electron chi connectivity index (χ0n) is 17.2. The number of hydrogen-bond acceptors (Lipinski definition) is 3. The van der Waals surface area contributed by atoms with Gasteiger partial charge in [0.2, 0.25) is 0 Å². The van der Waals surface area contributed by atoms with Gasteiger partial charge < -0.3 is 14.7 Å². The zero-order chi connectivity index (χ0) is 25.6. The molecule has 1 fully saturated rings. The molecule has 0 atom stereocenters. The van der Waals surface area contributed by atoms with Crippen LogP contribution in [0.1, 0.15) is 12.8 Å². The first-order valence-corrected chi connectivity index (χ1v) is 9.58. The summed E-state index contributed by atoms with van der Waals surface area (Å²) in [6.45, 7) is -1.16. The maximum absolute atomic E-state index is 12.9. The predicted molar refractivity (Wildman–Crippen MR) is 94.3 cm³/mol. The average molecular weight is 501 g/mol. The van der Waals surface area contributed by atoms with E-state index in [0.717, 1.165) is 0 Å². The minimum Gasteiger partial charge on any atom is -0.333 e. The molecule has 1 saturated heterocycles. The van der Waals surface area contributed by atoms with Crippen LogP contribution in [0.15, 0.2) is 0 Å². The van der Waals surface area contributed by atoms with Gasteiger partial charge in [0.25, 0.3) is 0 Å². The van der Waals surface area contributed by atoms with Crippen LogP contribution in [0.3, 0.4) is 0 Å². The van der Waals surface area contributed by atoms with Crippen molar-refractivity contribution in [3.05, 3.63) is 0 Å². The van der Waals surface area contributed by atoms with Gasteiger partial charge in [-0.15, -0.1) is 0 Å². The van der Waals surface area contributed by atoms with Crippen LogP contribution in [0.5, 0.6) is 0 Å². The molecule has 0 saturated carbocycles. The van der Waals surface area contributed by atoms with Crippen LogP contribution in [0, 0.1) is 0 Å². The van der Waals surface area contributed by atoms with Gasteiger partial charge in [-0.1, -0.05) is 0 Å². The Morgan fingerprint density at radius 2 is 0.879 bits per heavy atom. The first-order chi connectivity index (χ1) is 14.9. The van der Waals surface area contributed by atoms with Gasteiger partial charge in [0.05, 0.1) is 6.54 Å². The molecule has 0 spiro atoms. The molecular weight excluding hydrogens is 479 g/mol. The highest BCUT2D eigenvalue weighted by Crippen LogP contribution is 2.22. The molecule has 0 radical (unpaired) electrons. The predicted octanol–water partition coefficient (Wildman–Crippen LogP) is 1.67. The van der Waals surface area contributed by atoms with Gasteiger partial charge in [0, 0.05) is 39.1 Å². The standard InChI is InChI=1S/C17H22F9N4O3/c1-27-4-2-5-29(13(32)16(21,22)23)10-11-30(14(33)17(24,25)26)7-3-6-28(9-8-27)12(31)15(18,19)20/h1-11H2/q+1. The monoisotopic (exact) mass is 501 g/mol. The molecule has 1 rings (SSSR count). The van der Waals surface area contributed by atoms with Gasteiger partial charge >= 0.3 is 36.3 Å². The first kappa shape index (κ1) is 28.5. The fourth-order valence-corrected chi connectivity index (χ4v) is 3.04. The zero-order valence-corrected chi connectivity index (χ0v) is 17.2. The lowest BCUT2D eigenvalue weighted by molar-refractivity contribution is -0.519. The molecule has 0 aromatic heterocycles. The van der Waals surface area contributed by atoms with Crippen LogP contribution >= 0.6 is 0 Å². The molecule has 1 heterocycles. The van der Waals surface area contributed by atoms with Gasteiger partial charge in [-0.3, -0.25) is 14.4 Å². The quantitative estimate of drug-likeness (QED) is 0.375. The molecular formula is C17H22F9N4O3+. The van der Waals surface area contributed by atoms with Crippen molar-refractivity contribution in [1.29, 1.82) is 0 Å². The molecule has 190 valence electrons. The summed E-state index contributed by atoms with van der Waals surface area (Å²) in [5.41, 5.74) is 0. The van der Waals surface area contributed by atoms with Crippen molar-refractivity contribution < 1.29 is 58.5 Å². The smallest absolute Gasteiger partial charge is 0.333 e. The van der Waals surface area contributed by atoms with Crippen molar-refractivity contribution in [2.24, 2.45) is 0 Å². The molecule has 1 aliphatic heterocycles. The van der Waals surface area contributed by atoms with E-state index < -0.39 is 81.9 Å². The number of nitrogens with zero attached hydrogens (tertiary/aromatic N) is 4. The SMILES string of the molecule is C=[N+]1CCCN(C(=O)C(F)(F)F)CCN(C(=O)C(F)(F)F)CCCN(C(=O)C(F)(F)F)CC1. The summed E-state index contributed by atoms with van der Waals surface area (Å²) in [5.74, 6) is -6.95. The van der Waals surface area contributed by atoms with E-state index in [1.165, 1.54) is 4.58 Å². The minimum absolute atomic E-state index is 0.0825. The number of carbonyl (C=O) groups is 3. The average Bonchev–Trinajstić information content (AvgIpc) is 2.67. The van der Waals surface area contributed by atoms with Gasteiger partial charge in [-0.2, -0.15) is 39.5 Å². The van der Waals surface area contributed by atoms with Crippen LogP contribution in [0.25, 0.3) is 0 Å². The van der Waals surface area contributed by atoms with E-state index in [1.807, 2.05) is 0 Å². The summed E-state index contributed by atoms with van der Waals surface area (Å²) in [5, 5.41) is 0. The van der Waals surface area contributed by atoms with E-state index >= 15 is 0 Å². The lowest BCUT2D eigenvalue weighted by Crippen LogP contribution is -2.50. The van der Waals surface area contributed by atoms with E-state index in [2.05, 4.69) is 6.72 Å². The Morgan fingerprint density at radius 1 is 0.545 bits per heavy atom. The maximum Gasteiger partial charge on any atom is 0.471 e. The molecule has 0 aromatic rings. The molecule has 0 bridgehead atoms. The molecule has 1 aliphatic rings. The van der Waals surface area contributed by atoms with Crippen molar-refractivity contribution in [3.8, 4) is 0 Å². The van der Waals surface area contributed by atoms with Gasteiger partial charge in [0.15, 0.2) is 6.54 Å². The van der Waals surface area contributed by atoms with Crippen LogP contribution in [0.4, 0.5) is 39.5 Å². The molecule has 0 unspecified atom stereocenters. The van der Waals surface area contributed by atoms with Gasteiger partial charge in [-0.25, -0.2) is 4.58 Å². The normalized spacial score (nSPS) is 18.7. The summed E-state index contributed by atoms with van der Waals surface area (Å²) in [4.78, 5) is 35.6. The van der Waals surface area contributed by atoms with Crippen molar-refractivity contribution >= 4 is 24.4 Å². The maximum atomic E-state index is 12.9. The third-order valence-electron chi connectivity index (χ3n) is 4.67. The summed E-state index contributed by atoms with van der Waals surface area (Å²) in [6.07, 6.45) is -16.6. The van der Waals surface area contributed by atoms with E-state index in [0.29, 0.717) is 4.90 Å². The summed E-state index contributed by atoms with van der Waals surface area (Å²) in [7, 11) is 0. The van der Waals surface area contributed by atoms with Crippen molar-refractivity contribution in [2.75, 3.05) is 52.4 Å². The van der Waals surface area contributed by atoms with E-state index in [1.54, 1.807) is 0 Å². The fraction of sp³-hybridized carbons (Fsp3) is 0.765. The Hall–Kier alpha value is -2.55. The van der Waals surface area contributed by atoms with Crippen molar-refractivity contribution in [1.82, 2.24) is 14.7 Å². The van der Waals surface area contributed by atoms with Gasteiger partial charge in [-0.05, 0) is 6.42 Å². The number of halogens is 9. The highest BCUT2D eigenvalue weighted by Gasteiger charge is 2.45. The molecule has 0 aliphatic carbocycles. The summed E-state index contributed by atoms with van der Waals surface area (Å²) >= 11 is 0. The van der Waals surface area contributed by atoms with E-state index in [9.17, 15) is 53.9 Å². The molecule has 33 heavy (non-hydrogen) atoms. The van der Waals surface area contributed by atoms with Crippen LogP contribution in [-0.4, -0.2) is 115 Å². The molecule has 0 N–H and O–H groups in total. The van der Waals surface area contributed by atoms with Crippen molar-refractivity contribution in [3.63, 3.8) is 0 Å².